The second-order valence-corrected chi connectivity index (χ2v) is 8.71. The number of para-hydroxylation sites is 2. The molecule has 2 aliphatic rings. The van der Waals surface area contributed by atoms with E-state index in [0.29, 0.717) is 5.92 Å². The number of aryl methyl sites for hydroxylation is 1. The number of hydrogen-bond donors (Lipinski definition) is 2. The van der Waals surface area contributed by atoms with Crippen LogP contribution < -0.4 is 10.2 Å². The molecule has 1 unspecified atom stereocenters. The van der Waals surface area contributed by atoms with E-state index in [9.17, 15) is 4.79 Å². The largest absolute Gasteiger partial charge is 0.370 e. The summed E-state index contributed by atoms with van der Waals surface area (Å²) in [6.45, 7) is 4.44. The van der Waals surface area contributed by atoms with Gasteiger partial charge in [-0.1, -0.05) is 19.1 Å². The van der Waals surface area contributed by atoms with Gasteiger partial charge in [-0.3, -0.25) is 4.79 Å². The number of H-pyrrole nitrogens is 1. The molecule has 29 heavy (non-hydrogen) atoms. The molecule has 1 aromatic heterocycles. The summed E-state index contributed by atoms with van der Waals surface area (Å²) >= 11 is 0. The molecule has 1 aliphatic carbocycles. The lowest BCUT2D eigenvalue weighted by atomic mass is 9.87. The zero-order valence-electron chi connectivity index (χ0n) is 17.1. The number of benzene rings is 2. The van der Waals surface area contributed by atoms with Crippen molar-refractivity contribution in [2.24, 2.45) is 5.92 Å². The van der Waals surface area contributed by atoms with Crippen LogP contribution in [0.3, 0.4) is 0 Å². The third-order valence-electron chi connectivity index (χ3n) is 6.55. The fourth-order valence-corrected chi connectivity index (χ4v) is 4.92. The van der Waals surface area contributed by atoms with Gasteiger partial charge in [-0.15, -0.1) is 0 Å². The fourth-order valence-electron chi connectivity index (χ4n) is 4.92. The van der Waals surface area contributed by atoms with Crippen LogP contribution in [0.5, 0.6) is 0 Å². The summed E-state index contributed by atoms with van der Waals surface area (Å²) in [6.07, 6.45) is 7.17. The summed E-state index contributed by atoms with van der Waals surface area (Å²) in [6, 6.07) is 14.3. The van der Waals surface area contributed by atoms with Crippen LogP contribution in [-0.2, 0) is 12.8 Å². The minimum atomic E-state index is -0.0323. The van der Waals surface area contributed by atoms with E-state index in [4.69, 9.17) is 0 Å². The lowest BCUT2D eigenvalue weighted by molar-refractivity contribution is 0.102. The number of fused-ring (bicyclic) bond motifs is 3. The molecule has 3 aromatic rings. The van der Waals surface area contributed by atoms with E-state index < -0.39 is 0 Å². The Labute approximate surface area is 172 Å². The van der Waals surface area contributed by atoms with E-state index in [2.05, 4.69) is 46.4 Å². The molecule has 2 aromatic carbocycles. The van der Waals surface area contributed by atoms with Crippen molar-refractivity contribution in [3.05, 3.63) is 59.3 Å². The number of rotatable bonds is 3. The van der Waals surface area contributed by atoms with E-state index in [0.717, 1.165) is 48.4 Å². The standard InChI is InChI=1S/C25H29N3O/c1-17-9-11-21-19(15-17)20-16-18(10-12-22(20)26-21)25(29)27-23-7-3-4-8-24(23)28-13-5-2-6-14-28/h3-4,7-8,10,12,16-17,26H,2,5-6,9,11,13-15H2,1H3,(H,27,29). The Hall–Kier alpha value is -2.75. The number of carbonyl (C=O) groups excluding carboxylic acids is 1. The van der Waals surface area contributed by atoms with Gasteiger partial charge in [0.25, 0.3) is 5.91 Å². The number of nitrogens with one attached hydrogen (secondary N) is 2. The molecule has 1 saturated heterocycles. The quantitative estimate of drug-likeness (QED) is 0.620. The normalized spacial score (nSPS) is 19.2. The minimum Gasteiger partial charge on any atom is -0.370 e. The smallest absolute Gasteiger partial charge is 0.255 e. The van der Waals surface area contributed by atoms with Gasteiger partial charge in [-0.2, -0.15) is 0 Å². The van der Waals surface area contributed by atoms with Gasteiger partial charge < -0.3 is 15.2 Å². The number of piperidine rings is 1. The molecule has 1 amide bonds. The Morgan fingerprint density at radius 2 is 1.93 bits per heavy atom. The number of carbonyl (C=O) groups is 1. The summed E-state index contributed by atoms with van der Waals surface area (Å²) in [5.41, 5.74) is 6.67. The molecule has 1 aliphatic heterocycles. The SMILES string of the molecule is CC1CCc2[nH]c3ccc(C(=O)Nc4ccccc4N4CCCCC4)cc3c2C1. The molecule has 0 bridgehead atoms. The molecule has 4 heteroatoms. The van der Waals surface area contributed by atoms with Gasteiger partial charge in [-0.05, 0) is 80.3 Å². The van der Waals surface area contributed by atoms with Gasteiger partial charge in [0.1, 0.15) is 0 Å². The highest BCUT2D eigenvalue weighted by molar-refractivity contribution is 6.08. The number of anilines is 2. The third-order valence-corrected chi connectivity index (χ3v) is 6.55. The number of aromatic amines is 1. The Bertz CT molecular complexity index is 1050. The predicted octanol–water partition coefficient (Wildman–Crippen LogP) is 5.54. The van der Waals surface area contributed by atoms with Gasteiger partial charge >= 0.3 is 0 Å². The topological polar surface area (TPSA) is 48.1 Å². The van der Waals surface area contributed by atoms with Crippen LogP contribution in [0.1, 0.15) is 54.2 Å². The molecule has 4 nitrogen and oxygen atoms in total. The number of amides is 1. The van der Waals surface area contributed by atoms with Crippen LogP contribution >= 0.6 is 0 Å². The summed E-state index contributed by atoms with van der Waals surface area (Å²) in [5, 5.41) is 4.39. The van der Waals surface area contributed by atoms with E-state index in [1.54, 1.807) is 0 Å². The van der Waals surface area contributed by atoms with Crippen molar-refractivity contribution in [1.29, 1.82) is 0 Å². The Balaban J connectivity index is 1.43. The highest BCUT2D eigenvalue weighted by Gasteiger charge is 2.21. The Morgan fingerprint density at radius 1 is 1.10 bits per heavy atom. The maximum absolute atomic E-state index is 13.1. The van der Waals surface area contributed by atoms with Crippen LogP contribution in [0, 0.1) is 5.92 Å². The minimum absolute atomic E-state index is 0.0323. The van der Waals surface area contributed by atoms with E-state index in [1.807, 2.05) is 18.2 Å². The number of nitrogens with zero attached hydrogens (tertiary/aromatic N) is 1. The zero-order chi connectivity index (χ0) is 19.8. The lowest BCUT2D eigenvalue weighted by Crippen LogP contribution is -2.30. The molecule has 0 spiro atoms. The summed E-state index contributed by atoms with van der Waals surface area (Å²) in [5.74, 6) is 0.672. The van der Waals surface area contributed by atoms with Gasteiger partial charge in [0.2, 0.25) is 0 Å². The third kappa shape index (κ3) is 3.52. The van der Waals surface area contributed by atoms with Gasteiger partial charge in [0.15, 0.2) is 0 Å². The maximum Gasteiger partial charge on any atom is 0.255 e. The van der Waals surface area contributed by atoms with Crippen LogP contribution in [0.2, 0.25) is 0 Å². The highest BCUT2D eigenvalue weighted by atomic mass is 16.1. The first-order chi connectivity index (χ1) is 14.2. The van der Waals surface area contributed by atoms with E-state index >= 15 is 0 Å². The summed E-state index contributed by atoms with van der Waals surface area (Å²) in [4.78, 5) is 19.1. The van der Waals surface area contributed by atoms with Crippen LogP contribution in [0.4, 0.5) is 11.4 Å². The van der Waals surface area contributed by atoms with Crippen molar-refractivity contribution in [2.75, 3.05) is 23.3 Å². The fraction of sp³-hybridized carbons (Fsp3) is 0.400. The Morgan fingerprint density at radius 3 is 2.79 bits per heavy atom. The molecule has 0 saturated carbocycles. The van der Waals surface area contributed by atoms with Crippen molar-refractivity contribution >= 4 is 28.2 Å². The van der Waals surface area contributed by atoms with E-state index in [-0.39, 0.29) is 5.91 Å². The first-order valence-electron chi connectivity index (χ1n) is 11.0. The second kappa shape index (κ2) is 7.58. The van der Waals surface area contributed by atoms with E-state index in [1.165, 1.54) is 42.3 Å². The van der Waals surface area contributed by atoms with Crippen LogP contribution in [0.25, 0.3) is 10.9 Å². The first-order valence-corrected chi connectivity index (χ1v) is 11.0. The van der Waals surface area contributed by atoms with Crippen molar-refractivity contribution in [1.82, 2.24) is 4.98 Å². The number of hydrogen-bond acceptors (Lipinski definition) is 2. The van der Waals surface area contributed by atoms with Crippen LogP contribution in [0.15, 0.2) is 42.5 Å². The molecule has 1 atom stereocenters. The van der Waals surface area contributed by atoms with Crippen LogP contribution in [-0.4, -0.2) is 24.0 Å². The lowest BCUT2D eigenvalue weighted by Gasteiger charge is -2.30. The maximum atomic E-state index is 13.1. The molecular formula is C25H29N3O. The molecule has 150 valence electrons. The average Bonchev–Trinajstić information content (AvgIpc) is 3.12. The molecule has 1 fully saturated rings. The zero-order valence-corrected chi connectivity index (χ0v) is 17.1. The monoisotopic (exact) mass is 387 g/mol. The molecular weight excluding hydrogens is 358 g/mol. The number of aromatic nitrogens is 1. The van der Waals surface area contributed by atoms with Crippen molar-refractivity contribution in [3.8, 4) is 0 Å². The molecule has 5 rings (SSSR count). The van der Waals surface area contributed by atoms with Gasteiger partial charge in [0.05, 0.1) is 11.4 Å². The van der Waals surface area contributed by atoms with Gasteiger partial charge in [-0.25, -0.2) is 0 Å². The van der Waals surface area contributed by atoms with Crippen molar-refractivity contribution in [2.45, 2.75) is 45.4 Å². The van der Waals surface area contributed by atoms with Crippen molar-refractivity contribution < 1.29 is 4.79 Å². The second-order valence-electron chi connectivity index (χ2n) is 8.71. The average molecular weight is 388 g/mol. The molecule has 2 N–H and O–H groups in total. The predicted molar refractivity (Wildman–Crippen MR) is 120 cm³/mol. The molecule has 2 heterocycles. The first kappa shape index (κ1) is 18.3. The van der Waals surface area contributed by atoms with Crippen molar-refractivity contribution in [3.63, 3.8) is 0 Å². The summed E-state index contributed by atoms with van der Waals surface area (Å²) in [7, 11) is 0. The highest BCUT2D eigenvalue weighted by Crippen LogP contribution is 2.33. The van der Waals surface area contributed by atoms with Gasteiger partial charge in [0, 0.05) is 35.2 Å². The Kier molecular flexibility index (Phi) is 4.78. The summed E-state index contributed by atoms with van der Waals surface area (Å²) < 4.78 is 0. The molecule has 0 radical (unpaired) electrons.